The second kappa shape index (κ2) is 13.7. The van der Waals surface area contributed by atoms with Crippen LogP contribution < -0.4 is 5.32 Å². The molecule has 2 nitrogen and oxygen atoms in total. The number of carbonyl (C=O) groups is 1. The van der Waals surface area contributed by atoms with E-state index in [0.29, 0.717) is 5.92 Å². The first kappa shape index (κ1) is 21.5. The maximum atomic E-state index is 11.8. The van der Waals surface area contributed by atoms with E-state index >= 15 is 0 Å². The Morgan fingerprint density at radius 1 is 0.920 bits per heavy atom. The Balaban J connectivity index is 2.06. The van der Waals surface area contributed by atoms with Gasteiger partial charge in [0.15, 0.2) is 0 Å². The highest BCUT2D eigenvalue weighted by Gasteiger charge is 1.98. The molecule has 0 aliphatic heterocycles. The third-order valence-corrected chi connectivity index (χ3v) is 4.61. The molecule has 2 heteroatoms. The van der Waals surface area contributed by atoms with Crippen LogP contribution in [0.4, 0.5) is 0 Å². The van der Waals surface area contributed by atoms with Crippen molar-refractivity contribution in [2.45, 2.75) is 84.5 Å². The summed E-state index contributed by atoms with van der Waals surface area (Å²) in [6.07, 6.45) is 15.3. The zero-order valence-electron chi connectivity index (χ0n) is 16.5. The summed E-state index contributed by atoms with van der Waals surface area (Å²) in [5.41, 5.74) is 2.40. The van der Waals surface area contributed by atoms with Gasteiger partial charge in [-0.2, -0.15) is 0 Å². The van der Waals surface area contributed by atoms with Crippen molar-refractivity contribution >= 4 is 12.0 Å². The van der Waals surface area contributed by atoms with E-state index in [0.717, 1.165) is 18.5 Å². The standard InChI is InChI=1S/C23H37NO/c1-4-5-6-7-8-9-10-11-12-19-24-23(25)18-15-21-13-16-22(17-14-21)20(2)3/h13-18,20H,4-12,19H2,1-3H3,(H,24,25). The average molecular weight is 344 g/mol. The maximum Gasteiger partial charge on any atom is 0.243 e. The number of carbonyl (C=O) groups excluding carboxylic acids is 1. The van der Waals surface area contributed by atoms with Crippen LogP contribution in [0, 0.1) is 0 Å². The predicted octanol–water partition coefficient (Wildman–Crippen LogP) is 6.47. The highest BCUT2D eigenvalue weighted by Crippen LogP contribution is 2.15. The van der Waals surface area contributed by atoms with Crippen LogP contribution in [0.3, 0.4) is 0 Å². The normalized spacial score (nSPS) is 11.4. The van der Waals surface area contributed by atoms with Gasteiger partial charge in [-0.25, -0.2) is 0 Å². The van der Waals surface area contributed by atoms with E-state index in [1.807, 2.05) is 6.08 Å². The molecular weight excluding hydrogens is 306 g/mol. The van der Waals surface area contributed by atoms with Gasteiger partial charge >= 0.3 is 0 Å². The monoisotopic (exact) mass is 343 g/mol. The van der Waals surface area contributed by atoms with Gasteiger partial charge in [-0.05, 0) is 29.5 Å². The minimum atomic E-state index is 0.00695. The molecule has 1 N–H and O–H groups in total. The smallest absolute Gasteiger partial charge is 0.243 e. The Morgan fingerprint density at radius 3 is 2.04 bits per heavy atom. The van der Waals surface area contributed by atoms with E-state index in [4.69, 9.17) is 0 Å². The van der Waals surface area contributed by atoms with E-state index in [9.17, 15) is 4.79 Å². The number of unbranched alkanes of at least 4 members (excludes halogenated alkanes) is 8. The number of amides is 1. The second-order valence-electron chi connectivity index (χ2n) is 7.27. The third kappa shape index (κ3) is 10.8. The van der Waals surface area contributed by atoms with E-state index < -0.39 is 0 Å². The van der Waals surface area contributed by atoms with E-state index in [2.05, 4.69) is 50.4 Å². The summed E-state index contributed by atoms with van der Waals surface area (Å²) in [4.78, 5) is 11.8. The molecule has 1 rings (SSSR count). The quantitative estimate of drug-likeness (QED) is 0.323. The lowest BCUT2D eigenvalue weighted by atomic mass is 10.0. The van der Waals surface area contributed by atoms with Crippen molar-refractivity contribution in [1.82, 2.24) is 5.32 Å². The molecule has 0 saturated carbocycles. The number of hydrogen-bond donors (Lipinski definition) is 1. The second-order valence-corrected chi connectivity index (χ2v) is 7.27. The Bertz CT molecular complexity index is 487. The lowest BCUT2D eigenvalue weighted by Crippen LogP contribution is -2.21. The Morgan fingerprint density at radius 2 is 1.48 bits per heavy atom. The minimum absolute atomic E-state index is 0.00695. The average Bonchev–Trinajstić information content (AvgIpc) is 2.62. The van der Waals surface area contributed by atoms with Crippen molar-refractivity contribution in [3.05, 3.63) is 41.5 Å². The van der Waals surface area contributed by atoms with E-state index in [-0.39, 0.29) is 5.91 Å². The van der Waals surface area contributed by atoms with Crippen LogP contribution in [0.1, 0.15) is 95.6 Å². The summed E-state index contributed by atoms with van der Waals surface area (Å²) >= 11 is 0. The van der Waals surface area contributed by atoms with Crippen molar-refractivity contribution in [1.29, 1.82) is 0 Å². The fraction of sp³-hybridized carbons (Fsp3) is 0.609. The van der Waals surface area contributed by atoms with Gasteiger partial charge in [0.2, 0.25) is 5.91 Å². The van der Waals surface area contributed by atoms with Crippen LogP contribution in [0.5, 0.6) is 0 Å². The molecule has 0 atom stereocenters. The SMILES string of the molecule is CCCCCCCCCCCNC(=O)C=Cc1ccc(C(C)C)cc1. The number of nitrogens with one attached hydrogen (secondary N) is 1. The first-order valence-corrected chi connectivity index (χ1v) is 10.2. The molecule has 0 aliphatic rings. The molecule has 0 radical (unpaired) electrons. The third-order valence-electron chi connectivity index (χ3n) is 4.61. The van der Waals surface area contributed by atoms with Crippen LogP contribution in [0.15, 0.2) is 30.3 Å². The molecule has 1 amide bonds. The fourth-order valence-electron chi connectivity index (χ4n) is 2.87. The van der Waals surface area contributed by atoms with Crippen LogP contribution in [-0.2, 0) is 4.79 Å². The summed E-state index contributed by atoms with van der Waals surface area (Å²) in [5, 5.41) is 2.98. The summed E-state index contributed by atoms with van der Waals surface area (Å²) in [6, 6.07) is 8.40. The summed E-state index contributed by atoms with van der Waals surface area (Å²) in [7, 11) is 0. The zero-order valence-corrected chi connectivity index (χ0v) is 16.5. The lowest BCUT2D eigenvalue weighted by molar-refractivity contribution is -0.116. The molecule has 25 heavy (non-hydrogen) atoms. The van der Waals surface area contributed by atoms with Crippen LogP contribution in [-0.4, -0.2) is 12.5 Å². The van der Waals surface area contributed by atoms with Crippen molar-refractivity contribution in [3.8, 4) is 0 Å². The summed E-state index contributed by atoms with van der Waals surface area (Å²) in [5.74, 6) is 0.546. The Hall–Kier alpha value is -1.57. The molecule has 0 unspecified atom stereocenters. The summed E-state index contributed by atoms with van der Waals surface area (Å²) < 4.78 is 0. The van der Waals surface area contributed by atoms with Gasteiger partial charge < -0.3 is 5.32 Å². The van der Waals surface area contributed by atoms with E-state index in [1.165, 1.54) is 56.9 Å². The molecule has 1 aromatic carbocycles. The summed E-state index contributed by atoms with van der Waals surface area (Å²) in [6.45, 7) is 7.41. The molecule has 140 valence electrons. The molecule has 0 saturated heterocycles. The van der Waals surface area contributed by atoms with Gasteiger partial charge in [-0.1, -0.05) is 96.4 Å². The molecule has 0 heterocycles. The molecule has 0 aromatic heterocycles. The van der Waals surface area contributed by atoms with Crippen molar-refractivity contribution in [2.75, 3.05) is 6.54 Å². The van der Waals surface area contributed by atoms with Crippen LogP contribution >= 0.6 is 0 Å². The highest BCUT2D eigenvalue weighted by atomic mass is 16.1. The number of rotatable bonds is 13. The van der Waals surface area contributed by atoms with Crippen molar-refractivity contribution in [3.63, 3.8) is 0 Å². The van der Waals surface area contributed by atoms with Crippen LogP contribution in [0.25, 0.3) is 6.08 Å². The molecule has 0 fully saturated rings. The van der Waals surface area contributed by atoms with Gasteiger partial charge in [-0.3, -0.25) is 4.79 Å². The maximum absolute atomic E-state index is 11.8. The minimum Gasteiger partial charge on any atom is -0.353 e. The van der Waals surface area contributed by atoms with Crippen molar-refractivity contribution < 1.29 is 4.79 Å². The van der Waals surface area contributed by atoms with Crippen molar-refractivity contribution in [2.24, 2.45) is 0 Å². The largest absolute Gasteiger partial charge is 0.353 e. The zero-order chi connectivity index (χ0) is 18.3. The number of benzene rings is 1. The van der Waals surface area contributed by atoms with Gasteiger partial charge in [0.25, 0.3) is 0 Å². The topological polar surface area (TPSA) is 29.1 Å². The lowest BCUT2D eigenvalue weighted by Gasteiger charge is -2.05. The first-order chi connectivity index (χ1) is 12.1. The van der Waals surface area contributed by atoms with E-state index in [1.54, 1.807) is 6.08 Å². The Kier molecular flexibility index (Phi) is 11.8. The molecule has 1 aromatic rings. The Labute approximate surface area is 155 Å². The number of hydrogen-bond acceptors (Lipinski definition) is 1. The van der Waals surface area contributed by atoms with Gasteiger partial charge in [0.1, 0.15) is 0 Å². The molecule has 0 aliphatic carbocycles. The fourth-order valence-corrected chi connectivity index (χ4v) is 2.87. The van der Waals surface area contributed by atoms with Gasteiger partial charge in [0.05, 0.1) is 0 Å². The first-order valence-electron chi connectivity index (χ1n) is 10.2. The molecule has 0 bridgehead atoms. The highest BCUT2D eigenvalue weighted by molar-refractivity contribution is 5.91. The molecular formula is C23H37NO. The molecule has 0 spiro atoms. The predicted molar refractivity (Wildman–Crippen MR) is 110 cm³/mol. The van der Waals surface area contributed by atoms with Crippen LogP contribution in [0.2, 0.25) is 0 Å². The van der Waals surface area contributed by atoms with Gasteiger partial charge in [-0.15, -0.1) is 0 Å². The van der Waals surface area contributed by atoms with Gasteiger partial charge in [0, 0.05) is 12.6 Å².